The Labute approximate surface area is 205 Å². The van der Waals surface area contributed by atoms with E-state index in [2.05, 4.69) is 0 Å². The quantitative estimate of drug-likeness (QED) is 0.483. The number of aliphatic hydroxyl groups is 1. The van der Waals surface area contributed by atoms with Crippen molar-refractivity contribution in [2.75, 3.05) is 19.8 Å². The number of hydrogen-bond donors (Lipinski definition) is 1. The number of fused-ring (bicyclic) bond motifs is 2. The molecule has 2 saturated heterocycles. The number of cyclic esters (lactones) is 1. The van der Waals surface area contributed by atoms with E-state index in [1.54, 1.807) is 16.7 Å². The van der Waals surface area contributed by atoms with Gasteiger partial charge in [0.05, 0.1) is 29.2 Å². The Morgan fingerprint density at radius 1 is 1.09 bits per heavy atom. The molecule has 6 atom stereocenters. The van der Waals surface area contributed by atoms with Gasteiger partial charge in [-0.05, 0) is 31.8 Å². The monoisotopic (exact) mass is 488 g/mol. The third kappa shape index (κ3) is 3.39. The predicted octanol–water partition coefficient (Wildman–Crippen LogP) is 2.53. The van der Waals surface area contributed by atoms with Crippen molar-refractivity contribution in [3.05, 3.63) is 24.3 Å². The van der Waals surface area contributed by atoms with Crippen molar-refractivity contribution in [2.24, 2.45) is 17.8 Å². The number of carbonyl (C=O) groups is 3. The molecule has 4 heterocycles. The minimum Gasteiger partial charge on any atom is -0.461 e. The van der Waals surface area contributed by atoms with Gasteiger partial charge in [-0.1, -0.05) is 51.3 Å². The van der Waals surface area contributed by atoms with Crippen molar-refractivity contribution >= 4 is 29.5 Å². The van der Waals surface area contributed by atoms with E-state index in [9.17, 15) is 19.5 Å². The lowest BCUT2D eigenvalue weighted by molar-refractivity contribution is -0.153. The average Bonchev–Trinajstić information content (AvgIpc) is 3.06. The molecule has 5 aliphatic rings. The van der Waals surface area contributed by atoms with E-state index in [-0.39, 0.29) is 43.0 Å². The lowest BCUT2D eigenvalue weighted by Gasteiger charge is -2.42. The van der Waals surface area contributed by atoms with Gasteiger partial charge in [-0.15, -0.1) is 11.8 Å². The second-order valence-electron chi connectivity index (χ2n) is 11.0. The Balaban J connectivity index is 1.65. The molecular formula is C26H36N2O5S. The van der Waals surface area contributed by atoms with Gasteiger partial charge < -0.3 is 19.6 Å². The minimum absolute atomic E-state index is 0.0367. The molecule has 186 valence electrons. The third-order valence-electron chi connectivity index (χ3n) is 8.61. The highest BCUT2D eigenvalue weighted by molar-refractivity contribution is 8.02. The van der Waals surface area contributed by atoms with Crippen molar-refractivity contribution in [1.82, 2.24) is 9.80 Å². The molecule has 4 aliphatic heterocycles. The highest BCUT2D eigenvalue weighted by atomic mass is 32.2. The first-order valence-corrected chi connectivity index (χ1v) is 13.5. The van der Waals surface area contributed by atoms with Gasteiger partial charge in [0.1, 0.15) is 12.6 Å². The van der Waals surface area contributed by atoms with E-state index in [1.165, 1.54) is 6.42 Å². The van der Waals surface area contributed by atoms with Crippen molar-refractivity contribution in [2.45, 2.75) is 80.5 Å². The molecule has 0 aromatic carbocycles. The zero-order valence-corrected chi connectivity index (χ0v) is 21.1. The number of rotatable bonds is 4. The summed E-state index contributed by atoms with van der Waals surface area (Å²) in [6, 6.07) is -1.07. The first-order valence-electron chi connectivity index (χ1n) is 12.7. The van der Waals surface area contributed by atoms with Crippen LogP contribution in [-0.2, 0) is 19.1 Å². The summed E-state index contributed by atoms with van der Waals surface area (Å²) in [5.74, 6) is -2.06. The summed E-state index contributed by atoms with van der Waals surface area (Å²) in [7, 11) is 0. The number of amides is 2. The molecule has 0 aromatic rings. The number of esters is 1. The molecular weight excluding hydrogens is 452 g/mol. The fourth-order valence-electron chi connectivity index (χ4n) is 7.01. The fraction of sp³-hybridized carbons (Fsp3) is 0.731. The smallest absolute Gasteiger partial charge is 0.311 e. The van der Waals surface area contributed by atoms with Gasteiger partial charge in [0.15, 0.2) is 0 Å². The third-order valence-corrected chi connectivity index (χ3v) is 10.4. The van der Waals surface area contributed by atoms with Gasteiger partial charge in [-0.25, -0.2) is 0 Å². The summed E-state index contributed by atoms with van der Waals surface area (Å²) in [4.78, 5) is 45.4. The van der Waals surface area contributed by atoms with E-state index >= 15 is 0 Å². The first-order chi connectivity index (χ1) is 16.2. The molecule has 1 saturated carbocycles. The lowest BCUT2D eigenvalue weighted by atomic mass is 9.75. The van der Waals surface area contributed by atoms with Crippen LogP contribution in [0.1, 0.15) is 52.9 Å². The van der Waals surface area contributed by atoms with Crippen LogP contribution in [-0.4, -0.2) is 80.1 Å². The summed E-state index contributed by atoms with van der Waals surface area (Å²) in [6.45, 7) is 6.41. The summed E-state index contributed by atoms with van der Waals surface area (Å²) >= 11 is 1.56. The topological polar surface area (TPSA) is 87.2 Å². The van der Waals surface area contributed by atoms with Crippen LogP contribution in [0.2, 0.25) is 0 Å². The Kier molecular flexibility index (Phi) is 6.12. The van der Waals surface area contributed by atoms with Gasteiger partial charge in [-0.2, -0.15) is 0 Å². The SMILES string of the molecule is CC(C)[C@H](CO)N1C(=O)[C@@H]2[C@H]3C(=O)OCC=C[C@@]3(C)S[C@@]23C=CCN(C2CCCCC2)C(=O)C13. The standard InChI is InChI=1S/C26H36N2O5S/c1-16(2)18(15-29)28-21-23(31)27(17-9-5-4-6-10-17)13-7-12-26(21)19(22(28)30)20-24(32)33-14-8-11-25(20,3)34-26/h7-8,11-12,16-21,29H,4-6,9-10,13-15H2,1-3H3/t18-,19-,20-,21?,25+,26-/m0/s1. The van der Waals surface area contributed by atoms with Gasteiger partial charge >= 0.3 is 5.97 Å². The van der Waals surface area contributed by atoms with Crippen LogP contribution in [0.5, 0.6) is 0 Å². The summed E-state index contributed by atoms with van der Waals surface area (Å²) in [5.41, 5.74) is 0. The van der Waals surface area contributed by atoms with E-state index in [0.29, 0.717) is 6.54 Å². The number of thioether (sulfide) groups is 1. The highest BCUT2D eigenvalue weighted by Gasteiger charge is 2.74. The van der Waals surface area contributed by atoms with Crippen LogP contribution in [0, 0.1) is 17.8 Å². The maximum Gasteiger partial charge on any atom is 0.311 e. The first kappa shape index (κ1) is 23.9. The Hall–Kier alpha value is -1.80. The molecule has 2 amide bonds. The second kappa shape index (κ2) is 8.70. The molecule has 1 unspecified atom stereocenters. The van der Waals surface area contributed by atoms with Gasteiger partial charge in [0, 0.05) is 17.3 Å². The molecule has 0 aromatic heterocycles. The predicted molar refractivity (Wildman–Crippen MR) is 130 cm³/mol. The van der Waals surface area contributed by atoms with E-state index in [1.807, 2.05) is 50.0 Å². The zero-order chi connectivity index (χ0) is 24.3. The van der Waals surface area contributed by atoms with Crippen LogP contribution in [0.15, 0.2) is 24.3 Å². The number of likely N-dealkylation sites (tertiary alicyclic amines) is 1. The Bertz CT molecular complexity index is 928. The highest BCUT2D eigenvalue weighted by Crippen LogP contribution is 2.65. The maximum absolute atomic E-state index is 14.4. The number of aliphatic hydroxyl groups excluding tert-OH is 1. The zero-order valence-electron chi connectivity index (χ0n) is 20.3. The van der Waals surface area contributed by atoms with Crippen LogP contribution >= 0.6 is 11.8 Å². The van der Waals surface area contributed by atoms with Crippen molar-refractivity contribution in [3.63, 3.8) is 0 Å². The van der Waals surface area contributed by atoms with Crippen LogP contribution in [0.25, 0.3) is 0 Å². The number of ether oxygens (including phenoxy) is 1. The molecule has 8 heteroatoms. The van der Waals surface area contributed by atoms with Crippen LogP contribution in [0.3, 0.4) is 0 Å². The molecule has 7 nitrogen and oxygen atoms in total. The number of hydrogen-bond acceptors (Lipinski definition) is 6. The second-order valence-corrected chi connectivity index (χ2v) is 12.7. The van der Waals surface area contributed by atoms with Gasteiger partial charge in [0.2, 0.25) is 11.8 Å². The number of carbonyl (C=O) groups excluding carboxylic acids is 3. The Morgan fingerprint density at radius 2 is 1.82 bits per heavy atom. The van der Waals surface area contributed by atoms with E-state index < -0.39 is 33.4 Å². The molecule has 34 heavy (non-hydrogen) atoms. The summed E-state index contributed by atoms with van der Waals surface area (Å²) in [5, 5.41) is 10.3. The number of nitrogens with zero attached hydrogens (tertiary/aromatic N) is 2. The normalized spacial score (nSPS) is 39.0. The van der Waals surface area contributed by atoms with Crippen molar-refractivity contribution in [3.8, 4) is 0 Å². The van der Waals surface area contributed by atoms with Crippen LogP contribution < -0.4 is 0 Å². The van der Waals surface area contributed by atoms with Crippen molar-refractivity contribution < 1.29 is 24.2 Å². The Morgan fingerprint density at radius 3 is 2.50 bits per heavy atom. The van der Waals surface area contributed by atoms with Gasteiger partial charge in [-0.3, -0.25) is 14.4 Å². The summed E-state index contributed by atoms with van der Waals surface area (Å²) < 4.78 is 3.96. The van der Waals surface area contributed by atoms with Gasteiger partial charge in [0.25, 0.3) is 0 Å². The van der Waals surface area contributed by atoms with E-state index in [0.717, 1.165) is 25.7 Å². The molecule has 1 N–H and O–H groups in total. The largest absolute Gasteiger partial charge is 0.461 e. The molecule has 0 radical (unpaired) electrons. The van der Waals surface area contributed by atoms with E-state index in [4.69, 9.17) is 4.74 Å². The van der Waals surface area contributed by atoms with Crippen molar-refractivity contribution in [1.29, 1.82) is 0 Å². The molecule has 0 bridgehead atoms. The molecule has 5 rings (SSSR count). The average molecular weight is 489 g/mol. The molecule has 1 spiro atoms. The summed E-state index contributed by atoms with van der Waals surface area (Å²) in [6.07, 6.45) is 13.3. The molecule has 1 aliphatic carbocycles. The maximum atomic E-state index is 14.4. The fourth-order valence-corrected chi connectivity index (χ4v) is 9.15. The molecule has 3 fully saturated rings. The minimum atomic E-state index is -0.875. The lowest BCUT2D eigenvalue weighted by Crippen LogP contribution is -2.59. The van der Waals surface area contributed by atoms with Crippen LogP contribution in [0.4, 0.5) is 0 Å².